The molecule has 4 rings (SSSR count). The summed E-state index contributed by atoms with van der Waals surface area (Å²) in [6.07, 6.45) is -4.48. The Labute approximate surface area is 369 Å². The van der Waals surface area contributed by atoms with E-state index >= 15 is 0 Å². The van der Waals surface area contributed by atoms with E-state index in [1.165, 1.54) is 14.0 Å². The molecule has 360 valence electrons. The first kappa shape index (κ1) is 52.7. The molecule has 4 heterocycles. The number of cyclic esters (lactones) is 1. The lowest BCUT2D eigenvalue weighted by atomic mass is 9.68. The van der Waals surface area contributed by atoms with Crippen molar-refractivity contribution in [1.82, 2.24) is 24.8 Å². The molecule has 62 heavy (non-hydrogen) atoms. The summed E-state index contributed by atoms with van der Waals surface area (Å²) in [5.74, 6) is -3.13. The Morgan fingerprint density at radius 3 is 2.29 bits per heavy atom. The van der Waals surface area contributed by atoms with Crippen LogP contribution in [-0.2, 0) is 34.9 Å². The van der Waals surface area contributed by atoms with Crippen LogP contribution in [0.1, 0.15) is 120 Å². The number of carbonyl (C=O) groups excluding carboxylic acids is 1. The zero-order chi connectivity index (χ0) is 46.6. The molecular formula is C45H82FN5O11. The molecule has 3 aliphatic rings. The molecule has 2 unspecified atom stereocenters. The van der Waals surface area contributed by atoms with E-state index in [9.17, 15) is 34.7 Å². The van der Waals surface area contributed by atoms with Crippen LogP contribution in [-0.4, -0.2) is 181 Å². The molecule has 0 spiro atoms. The summed E-state index contributed by atoms with van der Waals surface area (Å²) < 4.78 is 47.1. The van der Waals surface area contributed by atoms with E-state index in [4.69, 9.17) is 23.7 Å². The van der Waals surface area contributed by atoms with E-state index in [2.05, 4.69) is 10.3 Å². The van der Waals surface area contributed by atoms with Gasteiger partial charge in [-0.25, -0.2) is 9.07 Å². The van der Waals surface area contributed by atoms with Crippen LogP contribution in [0.15, 0.2) is 6.20 Å². The fraction of sp³-hybridized carbons (Fsp3) is 0.933. The number of esters is 1. The summed E-state index contributed by atoms with van der Waals surface area (Å²) in [7, 11) is 5.28. The molecule has 17 heteroatoms. The number of methoxy groups -OCH3 is 1. The lowest BCUT2D eigenvalue weighted by Crippen LogP contribution is -2.62. The van der Waals surface area contributed by atoms with Crippen LogP contribution in [0, 0.1) is 23.7 Å². The Hall–Kier alpha value is -1.90. The van der Waals surface area contributed by atoms with Crippen LogP contribution >= 0.6 is 0 Å². The predicted molar refractivity (Wildman–Crippen MR) is 231 cm³/mol. The van der Waals surface area contributed by atoms with Gasteiger partial charge in [0.15, 0.2) is 6.29 Å². The topological polar surface area (TPSA) is 202 Å². The molecule has 1 aromatic rings. The van der Waals surface area contributed by atoms with E-state index in [0.29, 0.717) is 38.0 Å². The minimum Gasteiger partial charge on any atom is -0.459 e. The van der Waals surface area contributed by atoms with E-state index in [-0.39, 0.29) is 37.3 Å². The van der Waals surface area contributed by atoms with Crippen molar-refractivity contribution in [3.63, 3.8) is 0 Å². The highest BCUT2D eigenvalue weighted by molar-refractivity contribution is 5.73. The van der Waals surface area contributed by atoms with Gasteiger partial charge in [-0.3, -0.25) is 4.79 Å². The Morgan fingerprint density at radius 2 is 1.69 bits per heavy atom. The second-order valence-corrected chi connectivity index (χ2v) is 19.9. The lowest BCUT2D eigenvalue weighted by Gasteiger charge is -2.51. The summed E-state index contributed by atoms with van der Waals surface area (Å²) in [4.78, 5) is 18.5. The number of halogens is 1. The van der Waals surface area contributed by atoms with E-state index < -0.39 is 108 Å². The fourth-order valence-corrected chi connectivity index (χ4v) is 10.6. The summed E-state index contributed by atoms with van der Waals surface area (Å²) >= 11 is 0. The first-order chi connectivity index (χ1) is 28.9. The van der Waals surface area contributed by atoms with Gasteiger partial charge >= 0.3 is 5.97 Å². The molecule has 0 amide bonds. The lowest BCUT2D eigenvalue weighted by molar-refractivity contribution is -0.302. The average Bonchev–Trinajstić information content (AvgIpc) is 3.68. The standard InChI is InChI=1S/C45H82FN5O11/c1-15-32(22-46)51-24-31(47-48-51)17-18-49(12)33-19-26(4)59-42(37(33)52)62-40-27(5)36(34-21-44(10,58-14)39(54)30(8)60-34)28(6)41(55)61-35(16-2)45(11,57)38(53)29(7)50(13)23-25(3)20-43(40,9)56/h24-30,32-40,42,52-54,56-57H,15-23H2,1-14H3/t25-,26-,27+,28-,29-,30+,32?,33+,34-,35-,36?,37-,38-,39+,40-,42+,43-,44-,45-/m1/s1. The van der Waals surface area contributed by atoms with E-state index in [1.54, 1.807) is 52.4 Å². The summed E-state index contributed by atoms with van der Waals surface area (Å²) in [6, 6.07) is -1.34. The number of ether oxygens (including phenoxy) is 5. The van der Waals surface area contributed by atoms with Crippen molar-refractivity contribution in [2.45, 2.75) is 205 Å². The fourth-order valence-electron chi connectivity index (χ4n) is 10.6. The normalized spacial score (nSPS) is 44.1. The van der Waals surface area contributed by atoms with Gasteiger partial charge in [-0.1, -0.05) is 39.8 Å². The van der Waals surface area contributed by atoms with Crippen molar-refractivity contribution >= 4 is 5.97 Å². The zero-order valence-corrected chi connectivity index (χ0v) is 40.0. The number of carbonyl (C=O) groups is 1. The van der Waals surface area contributed by atoms with Crippen LogP contribution < -0.4 is 0 Å². The number of likely N-dealkylation sites (N-methyl/N-ethyl adjacent to an activating group) is 2. The maximum absolute atomic E-state index is 14.5. The molecule has 1 aromatic heterocycles. The van der Waals surface area contributed by atoms with Gasteiger partial charge in [0.25, 0.3) is 0 Å². The number of hydrogen-bond acceptors (Lipinski definition) is 15. The number of nitrogens with zero attached hydrogens (tertiary/aromatic N) is 5. The molecular weight excluding hydrogens is 806 g/mol. The van der Waals surface area contributed by atoms with Crippen molar-refractivity contribution in [2.75, 3.05) is 41.0 Å². The highest BCUT2D eigenvalue weighted by Gasteiger charge is 2.55. The molecule has 0 radical (unpaired) electrons. The van der Waals surface area contributed by atoms with Crippen molar-refractivity contribution in [3.8, 4) is 0 Å². The van der Waals surface area contributed by atoms with Crippen LogP contribution in [0.3, 0.4) is 0 Å². The first-order valence-electron chi connectivity index (χ1n) is 22.9. The van der Waals surface area contributed by atoms with Crippen molar-refractivity contribution in [2.24, 2.45) is 23.7 Å². The molecule has 0 aliphatic carbocycles. The highest BCUT2D eigenvalue weighted by atomic mass is 19.1. The number of alkyl halides is 1. The van der Waals surface area contributed by atoms with Gasteiger partial charge in [-0.05, 0) is 93.2 Å². The first-order valence-corrected chi connectivity index (χ1v) is 22.9. The minimum atomic E-state index is -1.81. The average molecular weight is 888 g/mol. The number of aliphatic hydroxyl groups excluding tert-OH is 3. The third-order valence-electron chi connectivity index (χ3n) is 14.8. The maximum Gasteiger partial charge on any atom is 0.309 e. The molecule has 0 saturated carbocycles. The largest absolute Gasteiger partial charge is 0.459 e. The van der Waals surface area contributed by atoms with E-state index in [0.717, 1.165) is 0 Å². The second kappa shape index (κ2) is 21.6. The smallest absolute Gasteiger partial charge is 0.309 e. The van der Waals surface area contributed by atoms with Gasteiger partial charge in [0.1, 0.15) is 36.7 Å². The summed E-state index contributed by atoms with van der Waals surface area (Å²) in [6.45, 7) is 20.2. The molecule has 3 aliphatic heterocycles. The minimum absolute atomic E-state index is 0.169. The highest BCUT2D eigenvalue weighted by Crippen LogP contribution is 2.45. The number of rotatable bonds is 12. The molecule has 19 atom stereocenters. The molecule has 16 nitrogen and oxygen atoms in total. The molecule has 0 aromatic carbocycles. The number of aliphatic hydroxyl groups is 5. The molecule has 3 saturated heterocycles. The van der Waals surface area contributed by atoms with Gasteiger partial charge < -0.3 is 59.0 Å². The van der Waals surface area contributed by atoms with Crippen LogP contribution in [0.2, 0.25) is 0 Å². The number of hydrogen-bond donors (Lipinski definition) is 5. The Bertz CT molecular complexity index is 1550. The van der Waals surface area contributed by atoms with Gasteiger partial charge in [-0.2, -0.15) is 0 Å². The van der Waals surface area contributed by atoms with Crippen molar-refractivity contribution < 1.29 is 58.4 Å². The summed E-state index contributed by atoms with van der Waals surface area (Å²) in [5.41, 5.74) is -3.74. The van der Waals surface area contributed by atoms with Crippen LogP contribution in [0.25, 0.3) is 0 Å². The molecule has 0 bridgehead atoms. The molecule has 3 fully saturated rings. The van der Waals surface area contributed by atoms with Gasteiger partial charge in [0, 0.05) is 57.2 Å². The Morgan fingerprint density at radius 1 is 1.03 bits per heavy atom. The summed E-state index contributed by atoms with van der Waals surface area (Å²) in [5, 5.41) is 68.1. The van der Waals surface area contributed by atoms with Gasteiger partial charge in [-0.15, -0.1) is 5.10 Å². The van der Waals surface area contributed by atoms with Gasteiger partial charge in [0.05, 0.1) is 53.3 Å². The predicted octanol–water partition coefficient (Wildman–Crippen LogP) is 3.30. The van der Waals surface area contributed by atoms with Gasteiger partial charge in [0.2, 0.25) is 0 Å². The maximum atomic E-state index is 14.5. The SMILES string of the molecule is CCC(CF)n1cc(CCN(C)[C@H]2C[C@@H](C)O[C@@H](O[C@@H]3[C@@H](C)C([C@H]4C[C@@](C)(OC)[C@@H](O)[C@H](C)O4)[C@@H](C)C(=O)O[C@H](CC)[C@@](C)(O)[C@H](O)[C@@H](C)N(C)C[C@H](C)C[C@@]3(C)O)[C@@H]2O)nn1. The third kappa shape index (κ3) is 11.7. The van der Waals surface area contributed by atoms with Crippen LogP contribution in [0.4, 0.5) is 4.39 Å². The Kier molecular flexibility index (Phi) is 18.4. The quantitative estimate of drug-likeness (QED) is 0.191. The molecule has 5 N–H and O–H groups in total. The second-order valence-electron chi connectivity index (χ2n) is 19.9. The van der Waals surface area contributed by atoms with Crippen LogP contribution in [0.5, 0.6) is 0 Å². The van der Waals surface area contributed by atoms with Crippen molar-refractivity contribution in [3.05, 3.63) is 11.9 Å². The zero-order valence-electron chi connectivity index (χ0n) is 40.0. The Balaban J connectivity index is 1.76. The van der Waals surface area contributed by atoms with Crippen molar-refractivity contribution in [1.29, 1.82) is 0 Å². The number of aromatic nitrogens is 3. The third-order valence-corrected chi connectivity index (χ3v) is 14.8. The monoisotopic (exact) mass is 888 g/mol. The van der Waals surface area contributed by atoms with E-state index in [1.807, 2.05) is 51.6 Å².